The topological polar surface area (TPSA) is 101 Å². The number of H-pyrrole nitrogens is 1. The van der Waals surface area contributed by atoms with Crippen molar-refractivity contribution >= 4 is 44.7 Å². The van der Waals surface area contributed by atoms with Gasteiger partial charge >= 0.3 is 0 Å². The molecule has 0 saturated carbocycles. The van der Waals surface area contributed by atoms with E-state index in [1.807, 2.05) is 0 Å². The van der Waals surface area contributed by atoms with Gasteiger partial charge in [0.15, 0.2) is 11.6 Å². The zero-order valence-corrected chi connectivity index (χ0v) is 12.4. The number of hydrogen-bond donors (Lipinski definition) is 3. The Bertz CT molecular complexity index is 776. The fourth-order valence-corrected chi connectivity index (χ4v) is 3.18. The first kappa shape index (κ1) is 14.9. The van der Waals surface area contributed by atoms with Gasteiger partial charge in [0.25, 0.3) is 10.0 Å². The predicted octanol–water partition coefficient (Wildman–Crippen LogP) is 2.55. The number of nitrogens with zero attached hydrogens (tertiary/aromatic N) is 1. The van der Waals surface area contributed by atoms with E-state index < -0.39 is 25.8 Å². The zero-order chi connectivity index (χ0) is 15.1. The van der Waals surface area contributed by atoms with Gasteiger partial charge < -0.3 is 5.73 Å². The van der Waals surface area contributed by atoms with Crippen molar-refractivity contribution in [3.63, 3.8) is 0 Å². The summed E-state index contributed by atoms with van der Waals surface area (Å²) in [5, 5.41) is 5.33. The number of aromatic nitrogens is 2. The minimum Gasteiger partial charge on any atom is -0.394 e. The highest BCUT2D eigenvalue weighted by molar-refractivity contribution is 7.92. The summed E-state index contributed by atoms with van der Waals surface area (Å²) in [6.45, 7) is 1.62. The molecule has 0 amide bonds. The molecule has 0 aliphatic carbocycles. The SMILES string of the molecule is Cc1[nH]nc(NS(=O)(=O)c2ccc(Cl)c(F)c2Cl)c1N. The van der Waals surface area contributed by atoms with Crippen LogP contribution >= 0.6 is 23.2 Å². The molecule has 2 aromatic rings. The van der Waals surface area contributed by atoms with Crippen LogP contribution in [-0.2, 0) is 10.0 Å². The molecule has 0 aliphatic rings. The van der Waals surface area contributed by atoms with E-state index in [2.05, 4.69) is 14.9 Å². The summed E-state index contributed by atoms with van der Waals surface area (Å²) in [6, 6.07) is 2.18. The van der Waals surface area contributed by atoms with Gasteiger partial charge in [0.1, 0.15) is 4.90 Å². The Labute approximate surface area is 124 Å². The lowest BCUT2D eigenvalue weighted by Crippen LogP contribution is -2.15. The van der Waals surface area contributed by atoms with Crippen LogP contribution in [0.1, 0.15) is 5.69 Å². The molecule has 6 nitrogen and oxygen atoms in total. The van der Waals surface area contributed by atoms with Crippen molar-refractivity contribution in [2.45, 2.75) is 11.8 Å². The van der Waals surface area contributed by atoms with Crippen LogP contribution in [0.3, 0.4) is 0 Å². The number of halogens is 3. The Kier molecular flexibility index (Phi) is 3.81. The number of anilines is 2. The van der Waals surface area contributed by atoms with Crippen LogP contribution in [-0.4, -0.2) is 18.6 Å². The highest BCUT2D eigenvalue weighted by atomic mass is 35.5. The maximum atomic E-state index is 13.5. The van der Waals surface area contributed by atoms with Crippen molar-refractivity contribution in [1.82, 2.24) is 10.2 Å². The maximum Gasteiger partial charge on any atom is 0.264 e. The third-order valence-electron chi connectivity index (χ3n) is 2.51. The van der Waals surface area contributed by atoms with Crippen LogP contribution in [0, 0.1) is 12.7 Å². The number of sulfonamides is 1. The molecular formula is C10H9Cl2FN4O2S. The van der Waals surface area contributed by atoms with Gasteiger partial charge in [-0.3, -0.25) is 9.82 Å². The van der Waals surface area contributed by atoms with Gasteiger partial charge in [-0.1, -0.05) is 23.2 Å². The Hall–Kier alpha value is -1.51. The molecule has 0 bridgehead atoms. The van der Waals surface area contributed by atoms with Crippen molar-refractivity contribution in [3.05, 3.63) is 33.7 Å². The number of rotatable bonds is 3. The summed E-state index contributed by atoms with van der Waals surface area (Å²) in [5.74, 6) is -1.10. The first-order chi connectivity index (χ1) is 9.24. The molecule has 0 aliphatic heterocycles. The maximum absolute atomic E-state index is 13.5. The summed E-state index contributed by atoms with van der Waals surface area (Å²) < 4.78 is 39.9. The Morgan fingerprint density at radius 2 is 2.05 bits per heavy atom. The molecule has 0 unspecified atom stereocenters. The number of aryl methyl sites for hydroxylation is 1. The molecule has 2 rings (SSSR count). The zero-order valence-electron chi connectivity index (χ0n) is 10.0. The van der Waals surface area contributed by atoms with Crippen LogP contribution in [0.2, 0.25) is 10.0 Å². The molecule has 20 heavy (non-hydrogen) atoms. The highest BCUT2D eigenvalue weighted by Crippen LogP contribution is 2.31. The van der Waals surface area contributed by atoms with Crippen molar-refractivity contribution in [1.29, 1.82) is 0 Å². The molecule has 0 saturated heterocycles. The summed E-state index contributed by atoms with van der Waals surface area (Å²) in [7, 11) is -4.14. The third-order valence-corrected chi connectivity index (χ3v) is 4.67. The van der Waals surface area contributed by atoms with E-state index in [0.29, 0.717) is 5.69 Å². The molecule has 0 atom stereocenters. The lowest BCUT2D eigenvalue weighted by Gasteiger charge is -2.09. The van der Waals surface area contributed by atoms with E-state index in [0.717, 1.165) is 12.1 Å². The van der Waals surface area contributed by atoms with Crippen LogP contribution in [0.15, 0.2) is 17.0 Å². The molecule has 1 heterocycles. The van der Waals surface area contributed by atoms with Gasteiger partial charge in [-0.2, -0.15) is 5.10 Å². The van der Waals surface area contributed by atoms with E-state index in [-0.39, 0.29) is 16.5 Å². The number of nitrogen functional groups attached to an aromatic ring is 1. The summed E-state index contributed by atoms with van der Waals surface area (Å²) >= 11 is 11.2. The first-order valence-corrected chi connectivity index (χ1v) is 7.44. The molecule has 108 valence electrons. The number of nitrogens with one attached hydrogen (secondary N) is 2. The lowest BCUT2D eigenvalue weighted by molar-refractivity contribution is 0.595. The van der Waals surface area contributed by atoms with Gasteiger partial charge in [-0.25, -0.2) is 12.8 Å². The standard InChI is InChI=1S/C10H9Cl2FN4O2S/c1-4-9(14)10(16-15-4)17-20(18,19)6-3-2-5(11)8(13)7(6)12/h2-3H,14H2,1H3,(H2,15,16,17). The number of hydrogen-bond acceptors (Lipinski definition) is 4. The minimum atomic E-state index is -4.14. The Morgan fingerprint density at radius 3 is 2.60 bits per heavy atom. The second-order valence-corrected chi connectivity index (χ2v) is 6.33. The predicted molar refractivity (Wildman–Crippen MR) is 75.0 cm³/mol. The second kappa shape index (κ2) is 5.12. The van der Waals surface area contributed by atoms with Crippen LogP contribution in [0.4, 0.5) is 15.9 Å². The Balaban J connectivity index is 2.46. The van der Waals surface area contributed by atoms with Crippen LogP contribution < -0.4 is 10.5 Å². The number of benzene rings is 1. The molecule has 10 heteroatoms. The minimum absolute atomic E-state index is 0.0890. The average Bonchev–Trinajstić information content (AvgIpc) is 2.67. The van der Waals surface area contributed by atoms with E-state index in [1.54, 1.807) is 6.92 Å². The van der Waals surface area contributed by atoms with Crippen molar-refractivity contribution < 1.29 is 12.8 Å². The normalized spacial score (nSPS) is 11.6. The molecule has 0 fully saturated rings. The molecule has 1 aromatic carbocycles. The van der Waals surface area contributed by atoms with E-state index in [9.17, 15) is 12.8 Å². The fraction of sp³-hybridized carbons (Fsp3) is 0.100. The van der Waals surface area contributed by atoms with E-state index in [1.165, 1.54) is 0 Å². The van der Waals surface area contributed by atoms with Gasteiger partial charge in [0, 0.05) is 0 Å². The Morgan fingerprint density at radius 1 is 1.40 bits per heavy atom. The monoisotopic (exact) mass is 338 g/mol. The van der Waals surface area contributed by atoms with Crippen molar-refractivity contribution in [2.24, 2.45) is 0 Å². The quantitative estimate of drug-likeness (QED) is 0.748. The lowest BCUT2D eigenvalue weighted by atomic mass is 10.3. The van der Waals surface area contributed by atoms with E-state index >= 15 is 0 Å². The van der Waals surface area contributed by atoms with Crippen LogP contribution in [0.25, 0.3) is 0 Å². The summed E-state index contributed by atoms with van der Waals surface area (Å²) in [4.78, 5) is -0.457. The van der Waals surface area contributed by atoms with Crippen molar-refractivity contribution in [3.8, 4) is 0 Å². The van der Waals surface area contributed by atoms with Gasteiger partial charge in [0.05, 0.1) is 21.4 Å². The number of nitrogens with two attached hydrogens (primary N) is 1. The largest absolute Gasteiger partial charge is 0.394 e. The molecular weight excluding hydrogens is 330 g/mol. The molecule has 1 aromatic heterocycles. The van der Waals surface area contributed by atoms with Gasteiger partial charge in [-0.15, -0.1) is 0 Å². The van der Waals surface area contributed by atoms with Gasteiger partial charge in [-0.05, 0) is 19.1 Å². The second-order valence-electron chi connectivity index (χ2n) is 3.89. The van der Waals surface area contributed by atoms with E-state index in [4.69, 9.17) is 28.9 Å². The summed E-state index contributed by atoms with van der Waals surface area (Å²) in [6.07, 6.45) is 0. The smallest absolute Gasteiger partial charge is 0.264 e. The highest BCUT2D eigenvalue weighted by Gasteiger charge is 2.24. The molecule has 0 spiro atoms. The van der Waals surface area contributed by atoms with Crippen molar-refractivity contribution in [2.75, 3.05) is 10.5 Å². The third kappa shape index (κ3) is 2.54. The first-order valence-electron chi connectivity index (χ1n) is 5.21. The van der Waals surface area contributed by atoms with Crippen LogP contribution in [0.5, 0.6) is 0 Å². The van der Waals surface area contributed by atoms with Gasteiger partial charge in [0.2, 0.25) is 0 Å². The number of aromatic amines is 1. The average molecular weight is 339 g/mol. The molecule has 0 radical (unpaired) electrons. The fourth-order valence-electron chi connectivity index (χ4n) is 1.41. The molecule has 4 N–H and O–H groups in total. The summed E-state index contributed by atoms with van der Waals surface area (Å²) in [5.41, 5.74) is 6.27.